The summed E-state index contributed by atoms with van der Waals surface area (Å²) in [4.78, 5) is 8.16. The zero-order chi connectivity index (χ0) is 10.0. The highest BCUT2D eigenvalue weighted by atomic mass is 16.5. The van der Waals surface area contributed by atoms with Gasteiger partial charge in [-0.05, 0) is 19.3 Å². The maximum absolute atomic E-state index is 9.70. The van der Waals surface area contributed by atoms with Gasteiger partial charge < -0.3 is 9.84 Å². The van der Waals surface area contributed by atoms with Gasteiger partial charge in [-0.15, -0.1) is 0 Å². The first-order valence-corrected chi connectivity index (χ1v) is 4.92. The van der Waals surface area contributed by atoms with E-state index in [9.17, 15) is 5.11 Å². The summed E-state index contributed by atoms with van der Waals surface area (Å²) >= 11 is 0. The molecule has 14 heavy (non-hydrogen) atoms. The largest absolute Gasteiger partial charge is 0.490 e. The number of nitrogens with zero attached hydrogens (tertiary/aromatic N) is 2. The lowest BCUT2D eigenvalue weighted by Gasteiger charge is -2.07. The molecule has 0 amide bonds. The average Bonchev–Trinajstić information content (AvgIpc) is 2.96. The topological polar surface area (TPSA) is 55.2 Å². The van der Waals surface area contributed by atoms with E-state index >= 15 is 0 Å². The van der Waals surface area contributed by atoms with Crippen molar-refractivity contribution < 1.29 is 9.84 Å². The molecule has 0 aliphatic heterocycles. The van der Waals surface area contributed by atoms with E-state index in [4.69, 9.17) is 4.74 Å². The van der Waals surface area contributed by atoms with Crippen LogP contribution >= 0.6 is 0 Å². The second kappa shape index (κ2) is 3.53. The number of ether oxygens (including phenoxy) is 1. The third-order valence-corrected chi connectivity index (χ3v) is 2.24. The first-order chi connectivity index (χ1) is 6.74. The predicted molar refractivity (Wildman–Crippen MR) is 50.9 cm³/mol. The molecule has 2 rings (SSSR count). The molecule has 0 spiro atoms. The van der Waals surface area contributed by atoms with Crippen molar-refractivity contribution in [2.45, 2.75) is 31.8 Å². The van der Waals surface area contributed by atoms with Crippen molar-refractivity contribution in [3.8, 4) is 5.75 Å². The van der Waals surface area contributed by atoms with Gasteiger partial charge in [0.2, 0.25) is 0 Å². The van der Waals surface area contributed by atoms with E-state index < -0.39 is 5.60 Å². The lowest BCUT2D eigenvalue weighted by Crippen LogP contribution is -2.10. The van der Waals surface area contributed by atoms with Gasteiger partial charge in [0.05, 0.1) is 19.0 Å². The smallest absolute Gasteiger partial charge is 0.160 e. The first kappa shape index (κ1) is 9.40. The SMILES string of the molecule is CCCOc1cnc(C2(O)CC2)nc1. The van der Waals surface area contributed by atoms with Crippen molar-refractivity contribution in [1.29, 1.82) is 0 Å². The Bertz CT molecular complexity index is 306. The monoisotopic (exact) mass is 194 g/mol. The van der Waals surface area contributed by atoms with Crippen LogP contribution in [-0.2, 0) is 5.60 Å². The van der Waals surface area contributed by atoms with E-state index in [1.165, 1.54) is 0 Å². The minimum Gasteiger partial charge on any atom is -0.490 e. The Hall–Kier alpha value is -1.16. The number of aliphatic hydroxyl groups is 1. The summed E-state index contributed by atoms with van der Waals surface area (Å²) in [6.45, 7) is 2.72. The number of aromatic nitrogens is 2. The molecule has 1 aliphatic carbocycles. The molecule has 1 saturated carbocycles. The molecular weight excluding hydrogens is 180 g/mol. The van der Waals surface area contributed by atoms with Crippen LogP contribution in [0.15, 0.2) is 12.4 Å². The summed E-state index contributed by atoms with van der Waals surface area (Å²) < 4.78 is 5.34. The predicted octanol–water partition coefficient (Wildman–Crippen LogP) is 1.25. The minimum absolute atomic E-state index is 0.515. The average molecular weight is 194 g/mol. The summed E-state index contributed by atoms with van der Waals surface area (Å²) in [7, 11) is 0. The Morgan fingerprint density at radius 2 is 2.07 bits per heavy atom. The molecule has 4 heteroatoms. The van der Waals surface area contributed by atoms with Crippen molar-refractivity contribution in [2.24, 2.45) is 0 Å². The van der Waals surface area contributed by atoms with E-state index in [2.05, 4.69) is 9.97 Å². The van der Waals surface area contributed by atoms with Gasteiger partial charge in [-0.2, -0.15) is 0 Å². The quantitative estimate of drug-likeness (QED) is 0.783. The van der Waals surface area contributed by atoms with E-state index in [0.29, 0.717) is 18.2 Å². The number of hydrogen-bond donors (Lipinski definition) is 1. The zero-order valence-corrected chi connectivity index (χ0v) is 8.23. The molecule has 76 valence electrons. The van der Waals surface area contributed by atoms with Crippen LogP contribution in [0.1, 0.15) is 32.0 Å². The lowest BCUT2D eigenvalue weighted by atomic mass is 10.3. The molecule has 1 aliphatic rings. The Labute approximate surface area is 83.0 Å². The molecule has 1 heterocycles. The summed E-state index contributed by atoms with van der Waals surface area (Å²) in [6.07, 6.45) is 5.73. The van der Waals surface area contributed by atoms with Crippen LogP contribution in [0.5, 0.6) is 5.75 Å². The second-order valence-electron chi connectivity index (χ2n) is 3.62. The standard InChI is InChI=1S/C10H14N2O2/c1-2-5-14-8-6-11-9(12-7-8)10(13)3-4-10/h6-7,13H,2-5H2,1H3. The van der Waals surface area contributed by atoms with Crippen molar-refractivity contribution >= 4 is 0 Å². The Morgan fingerprint density at radius 3 is 2.57 bits per heavy atom. The van der Waals surface area contributed by atoms with Gasteiger partial charge in [0.1, 0.15) is 5.60 Å². The molecule has 0 atom stereocenters. The van der Waals surface area contributed by atoms with Gasteiger partial charge >= 0.3 is 0 Å². The van der Waals surface area contributed by atoms with Gasteiger partial charge in [0.15, 0.2) is 11.6 Å². The molecule has 1 N–H and O–H groups in total. The number of hydrogen-bond acceptors (Lipinski definition) is 4. The summed E-state index contributed by atoms with van der Waals surface area (Å²) in [5.74, 6) is 1.18. The van der Waals surface area contributed by atoms with Crippen LogP contribution in [0.3, 0.4) is 0 Å². The Kier molecular flexibility index (Phi) is 2.37. The summed E-state index contributed by atoms with van der Waals surface area (Å²) in [6, 6.07) is 0. The van der Waals surface area contributed by atoms with Crippen LogP contribution in [0, 0.1) is 0 Å². The van der Waals surface area contributed by atoms with Gasteiger partial charge in [-0.3, -0.25) is 0 Å². The molecule has 1 aromatic heterocycles. The first-order valence-electron chi connectivity index (χ1n) is 4.92. The van der Waals surface area contributed by atoms with E-state index in [1.54, 1.807) is 12.4 Å². The Balaban J connectivity index is 2.03. The maximum Gasteiger partial charge on any atom is 0.160 e. The van der Waals surface area contributed by atoms with E-state index in [0.717, 1.165) is 19.3 Å². The van der Waals surface area contributed by atoms with Crippen LogP contribution in [0.4, 0.5) is 0 Å². The fourth-order valence-electron chi connectivity index (χ4n) is 1.19. The fourth-order valence-corrected chi connectivity index (χ4v) is 1.19. The van der Waals surface area contributed by atoms with Gasteiger partial charge in [0.25, 0.3) is 0 Å². The lowest BCUT2D eigenvalue weighted by molar-refractivity contribution is 0.140. The highest BCUT2D eigenvalue weighted by molar-refractivity contribution is 5.17. The molecule has 0 radical (unpaired) electrons. The van der Waals surface area contributed by atoms with Gasteiger partial charge in [0, 0.05) is 0 Å². The van der Waals surface area contributed by atoms with E-state index in [-0.39, 0.29) is 0 Å². The third kappa shape index (κ3) is 1.85. The summed E-state index contributed by atoms with van der Waals surface area (Å²) in [5, 5.41) is 9.70. The van der Waals surface area contributed by atoms with Gasteiger partial charge in [-0.25, -0.2) is 9.97 Å². The molecule has 0 bridgehead atoms. The molecule has 1 aromatic rings. The minimum atomic E-state index is -0.747. The van der Waals surface area contributed by atoms with Gasteiger partial charge in [-0.1, -0.05) is 6.92 Å². The van der Waals surface area contributed by atoms with Crippen LogP contribution < -0.4 is 4.74 Å². The van der Waals surface area contributed by atoms with Crippen LogP contribution in [0.25, 0.3) is 0 Å². The molecule has 0 saturated heterocycles. The third-order valence-electron chi connectivity index (χ3n) is 2.24. The second-order valence-corrected chi connectivity index (χ2v) is 3.62. The molecular formula is C10H14N2O2. The fraction of sp³-hybridized carbons (Fsp3) is 0.600. The Morgan fingerprint density at radius 1 is 1.43 bits per heavy atom. The van der Waals surface area contributed by atoms with Crippen molar-refractivity contribution in [3.63, 3.8) is 0 Å². The highest BCUT2D eigenvalue weighted by Crippen LogP contribution is 2.43. The molecule has 4 nitrogen and oxygen atoms in total. The molecule has 1 fully saturated rings. The van der Waals surface area contributed by atoms with Crippen molar-refractivity contribution in [1.82, 2.24) is 9.97 Å². The summed E-state index contributed by atoms with van der Waals surface area (Å²) in [5.41, 5.74) is -0.747. The van der Waals surface area contributed by atoms with Crippen LogP contribution in [-0.4, -0.2) is 21.7 Å². The van der Waals surface area contributed by atoms with Crippen molar-refractivity contribution in [3.05, 3.63) is 18.2 Å². The maximum atomic E-state index is 9.70. The normalized spacial score (nSPS) is 17.9. The molecule has 0 aromatic carbocycles. The van der Waals surface area contributed by atoms with E-state index in [1.807, 2.05) is 6.92 Å². The number of rotatable bonds is 4. The van der Waals surface area contributed by atoms with Crippen molar-refractivity contribution in [2.75, 3.05) is 6.61 Å². The van der Waals surface area contributed by atoms with Crippen LogP contribution in [0.2, 0.25) is 0 Å². The zero-order valence-electron chi connectivity index (χ0n) is 8.23. The molecule has 0 unspecified atom stereocenters. The highest BCUT2D eigenvalue weighted by Gasteiger charge is 2.45.